The number of amides is 3. The Balaban J connectivity index is 1.27. The van der Waals surface area contributed by atoms with Crippen LogP contribution in [0, 0.1) is 0 Å². The van der Waals surface area contributed by atoms with Crippen LogP contribution in [-0.4, -0.2) is 46.4 Å². The average Bonchev–Trinajstić information content (AvgIpc) is 3.03. The van der Waals surface area contributed by atoms with Crippen molar-refractivity contribution in [1.29, 1.82) is 0 Å². The maximum atomic E-state index is 13.9. The van der Waals surface area contributed by atoms with Crippen molar-refractivity contribution < 1.29 is 19.1 Å². The van der Waals surface area contributed by atoms with Gasteiger partial charge in [-0.25, -0.2) is 9.78 Å². The summed E-state index contributed by atoms with van der Waals surface area (Å²) in [7, 11) is 0. The molecule has 1 unspecified atom stereocenters. The fourth-order valence-electron chi connectivity index (χ4n) is 5.29. The highest BCUT2D eigenvalue weighted by atomic mass is 16.5. The van der Waals surface area contributed by atoms with Gasteiger partial charge in [-0.2, -0.15) is 0 Å². The molecular weight excluding hydrogens is 530 g/mol. The summed E-state index contributed by atoms with van der Waals surface area (Å²) in [5.74, 6) is -0.0615. The van der Waals surface area contributed by atoms with Gasteiger partial charge in [0.1, 0.15) is 24.5 Å². The minimum atomic E-state index is -0.886. The Bertz CT molecular complexity index is 1530. The maximum absolute atomic E-state index is 13.9. The van der Waals surface area contributed by atoms with Gasteiger partial charge in [-0.05, 0) is 53.5 Å². The lowest BCUT2D eigenvalue weighted by atomic mass is 9.98. The number of likely N-dealkylation sites (tertiary alicyclic amines) is 1. The Hall–Kier alpha value is -4.92. The van der Waals surface area contributed by atoms with E-state index in [1.165, 1.54) is 0 Å². The molecular formula is C33H35N5O4. The van der Waals surface area contributed by atoms with Crippen LogP contribution in [0.5, 0.6) is 0 Å². The predicted octanol–water partition coefficient (Wildman–Crippen LogP) is 4.35. The van der Waals surface area contributed by atoms with E-state index in [4.69, 9.17) is 10.5 Å². The molecule has 1 fully saturated rings. The summed E-state index contributed by atoms with van der Waals surface area (Å²) in [5, 5.41) is 7.58. The molecule has 3 amide bonds. The van der Waals surface area contributed by atoms with E-state index in [0.717, 1.165) is 40.3 Å². The molecule has 2 atom stereocenters. The Labute approximate surface area is 245 Å². The molecule has 1 aromatic heterocycles. The summed E-state index contributed by atoms with van der Waals surface area (Å²) in [4.78, 5) is 45.9. The number of hydrogen-bond donors (Lipinski definition) is 3. The summed E-state index contributed by atoms with van der Waals surface area (Å²) >= 11 is 0. The van der Waals surface area contributed by atoms with Gasteiger partial charge in [0.2, 0.25) is 11.8 Å². The summed E-state index contributed by atoms with van der Waals surface area (Å²) in [6.45, 7) is 0.837. The highest BCUT2D eigenvalue weighted by Crippen LogP contribution is 2.22. The number of rotatable bonds is 9. The van der Waals surface area contributed by atoms with Crippen LogP contribution >= 0.6 is 0 Å². The number of nitrogens with two attached hydrogens (primary N) is 1. The fraction of sp³-hybridized carbons (Fsp3) is 0.273. The monoisotopic (exact) mass is 565 g/mol. The number of nitrogen functional groups attached to an aromatic ring is 1. The van der Waals surface area contributed by atoms with Crippen LogP contribution in [0.25, 0.3) is 10.8 Å². The molecule has 3 aromatic carbocycles. The van der Waals surface area contributed by atoms with Gasteiger partial charge < -0.3 is 26.0 Å². The van der Waals surface area contributed by atoms with Crippen molar-refractivity contribution in [2.24, 2.45) is 0 Å². The van der Waals surface area contributed by atoms with Crippen LogP contribution in [0.3, 0.4) is 0 Å². The molecule has 0 bridgehead atoms. The third-order valence-electron chi connectivity index (χ3n) is 7.50. The van der Waals surface area contributed by atoms with Crippen molar-refractivity contribution in [2.75, 3.05) is 12.3 Å². The van der Waals surface area contributed by atoms with Crippen molar-refractivity contribution in [3.05, 3.63) is 108 Å². The third-order valence-corrected chi connectivity index (χ3v) is 7.50. The van der Waals surface area contributed by atoms with Gasteiger partial charge in [0.05, 0.1) is 0 Å². The number of benzene rings is 3. The number of carbonyl (C=O) groups excluding carboxylic acids is 3. The number of fused-ring (bicyclic) bond motifs is 1. The summed E-state index contributed by atoms with van der Waals surface area (Å²) in [6.07, 6.45) is 3.42. The zero-order valence-corrected chi connectivity index (χ0v) is 23.4. The van der Waals surface area contributed by atoms with Gasteiger partial charge in [0, 0.05) is 31.1 Å². The van der Waals surface area contributed by atoms with E-state index in [9.17, 15) is 14.4 Å². The van der Waals surface area contributed by atoms with E-state index < -0.39 is 18.2 Å². The van der Waals surface area contributed by atoms with Crippen LogP contribution in [0.2, 0.25) is 0 Å². The van der Waals surface area contributed by atoms with Gasteiger partial charge in [0.25, 0.3) is 0 Å². The average molecular weight is 566 g/mol. The first-order chi connectivity index (χ1) is 20.5. The molecule has 1 saturated heterocycles. The largest absolute Gasteiger partial charge is 0.445 e. The van der Waals surface area contributed by atoms with E-state index in [0.29, 0.717) is 25.3 Å². The highest BCUT2D eigenvalue weighted by Gasteiger charge is 2.36. The first-order valence-electron chi connectivity index (χ1n) is 14.2. The Morgan fingerprint density at radius 3 is 2.43 bits per heavy atom. The number of pyridine rings is 1. The number of aromatic nitrogens is 1. The SMILES string of the molecule is Nc1nccc2cc(CNC(=O)C3CCCCN3C(=O)[C@@H](Cc3ccccc3)NC(=O)OCc3ccccc3)ccc12. The maximum Gasteiger partial charge on any atom is 0.408 e. The van der Waals surface area contributed by atoms with Crippen molar-refractivity contribution >= 4 is 34.5 Å². The fourth-order valence-corrected chi connectivity index (χ4v) is 5.29. The highest BCUT2D eigenvalue weighted by molar-refractivity contribution is 5.92. The molecule has 4 N–H and O–H groups in total. The van der Waals surface area contributed by atoms with Gasteiger partial charge in [0.15, 0.2) is 0 Å². The van der Waals surface area contributed by atoms with E-state index in [-0.39, 0.29) is 24.8 Å². The van der Waals surface area contributed by atoms with Crippen molar-refractivity contribution in [3.63, 3.8) is 0 Å². The van der Waals surface area contributed by atoms with Crippen LogP contribution in [0.15, 0.2) is 91.1 Å². The van der Waals surface area contributed by atoms with Gasteiger partial charge in [-0.3, -0.25) is 9.59 Å². The zero-order valence-electron chi connectivity index (χ0n) is 23.4. The lowest BCUT2D eigenvalue weighted by molar-refractivity contribution is -0.143. The number of hydrogen-bond acceptors (Lipinski definition) is 6. The number of alkyl carbamates (subject to hydrolysis) is 1. The molecule has 2 heterocycles. The third kappa shape index (κ3) is 7.23. The van der Waals surface area contributed by atoms with E-state index in [1.54, 1.807) is 11.1 Å². The first-order valence-corrected chi connectivity index (χ1v) is 14.2. The molecule has 1 aliphatic rings. The molecule has 216 valence electrons. The Morgan fingerprint density at radius 1 is 0.929 bits per heavy atom. The smallest absolute Gasteiger partial charge is 0.408 e. The second-order valence-corrected chi connectivity index (χ2v) is 10.5. The second kappa shape index (κ2) is 13.6. The predicted molar refractivity (Wildman–Crippen MR) is 161 cm³/mol. The molecule has 1 aliphatic heterocycles. The summed E-state index contributed by atoms with van der Waals surface area (Å²) in [6, 6.07) is 25.0. The molecule has 0 spiro atoms. The van der Waals surface area contributed by atoms with Gasteiger partial charge in [-0.1, -0.05) is 72.8 Å². The Kier molecular flexibility index (Phi) is 9.28. The van der Waals surface area contributed by atoms with Crippen molar-refractivity contribution in [3.8, 4) is 0 Å². The first kappa shape index (κ1) is 28.6. The lowest BCUT2D eigenvalue weighted by Gasteiger charge is -2.37. The molecule has 0 saturated carbocycles. The topological polar surface area (TPSA) is 127 Å². The van der Waals surface area contributed by atoms with Crippen molar-refractivity contribution in [2.45, 2.75) is 50.9 Å². The molecule has 42 heavy (non-hydrogen) atoms. The van der Waals surface area contributed by atoms with Crippen LogP contribution in [0.4, 0.5) is 10.6 Å². The lowest BCUT2D eigenvalue weighted by Crippen LogP contribution is -2.58. The van der Waals surface area contributed by atoms with Crippen molar-refractivity contribution in [1.82, 2.24) is 20.5 Å². The summed E-state index contributed by atoms with van der Waals surface area (Å²) in [5.41, 5.74) is 8.62. The normalized spacial score (nSPS) is 15.5. The van der Waals surface area contributed by atoms with Gasteiger partial charge >= 0.3 is 6.09 Å². The number of ether oxygens (including phenoxy) is 1. The quantitative estimate of drug-likeness (QED) is 0.277. The number of piperidine rings is 1. The van der Waals surface area contributed by atoms with Crippen LogP contribution in [0.1, 0.15) is 36.0 Å². The molecule has 4 aromatic rings. The molecule has 9 heteroatoms. The number of carbonyl (C=O) groups is 3. The van der Waals surface area contributed by atoms with E-state index in [1.807, 2.05) is 84.9 Å². The second-order valence-electron chi connectivity index (χ2n) is 10.5. The van der Waals surface area contributed by atoms with Gasteiger partial charge in [-0.15, -0.1) is 0 Å². The van der Waals surface area contributed by atoms with Crippen LogP contribution < -0.4 is 16.4 Å². The summed E-state index contributed by atoms with van der Waals surface area (Å²) < 4.78 is 5.42. The van der Waals surface area contributed by atoms with E-state index in [2.05, 4.69) is 15.6 Å². The zero-order chi connectivity index (χ0) is 29.3. The molecule has 5 rings (SSSR count). The number of nitrogens with zero attached hydrogens (tertiary/aromatic N) is 2. The standard InChI is InChI=1S/C33H35N5O4/c34-30-27-15-14-25(19-26(27)16-17-35-30)21-36-31(39)29-13-7-8-18-38(29)32(40)28(20-23-9-3-1-4-10-23)37-33(41)42-22-24-11-5-2-6-12-24/h1-6,9-12,14-17,19,28-29H,7-8,13,18,20-22H2,(H2,34,35)(H,36,39)(H,37,41)/t28-,29?/m1/s1. The van der Waals surface area contributed by atoms with Crippen LogP contribution in [-0.2, 0) is 33.9 Å². The molecule has 0 radical (unpaired) electrons. The van der Waals surface area contributed by atoms with E-state index >= 15 is 0 Å². The molecule has 9 nitrogen and oxygen atoms in total. The minimum Gasteiger partial charge on any atom is -0.445 e. The molecule has 0 aliphatic carbocycles. The number of nitrogens with one attached hydrogen (secondary N) is 2. The minimum absolute atomic E-state index is 0.0888. The Morgan fingerprint density at radius 2 is 1.67 bits per heavy atom. The number of anilines is 1.